The lowest BCUT2D eigenvalue weighted by Crippen LogP contribution is -2.28. The summed E-state index contributed by atoms with van der Waals surface area (Å²) in [4.78, 5) is 0.337. The highest BCUT2D eigenvalue weighted by Gasteiger charge is 2.43. The highest BCUT2D eigenvalue weighted by Crippen LogP contribution is 2.42. The predicted octanol–water partition coefficient (Wildman–Crippen LogP) is 2.66. The summed E-state index contributed by atoms with van der Waals surface area (Å²) < 4.78 is 15.8. The second kappa shape index (κ2) is 6.20. The van der Waals surface area contributed by atoms with E-state index in [0.29, 0.717) is 16.5 Å². The van der Waals surface area contributed by atoms with Crippen molar-refractivity contribution < 1.29 is 9.32 Å². The van der Waals surface area contributed by atoms with Gasteiger partial charge in [0.25, 0.3) is 0 Å². The Morgan fingerprint density at radius 1 is 1.48 bits per heavy atom. The van der Waals surface area contributed by atoms with Gasteiger partial charge in [0.2, 0.25) is 0 Å². The number of benzene rings is 1. The summed E-state index contributed by atoms with van der Waals surface area (Å²) in [5, 5.41) is 15.3. The summed E-state index contributed by atoms with van der Waals surface area (Å²) in [6.45, 7) is 6.24. The molecule has 1 aliphatic rings. The average Bonchev–Trinajstić information content (AvgIpc) is 3.05. The van der Waals surface area contributed by atoms with Crippen LogP contribution in [0.5, 0.6) is 0 Å². The molecule has 2 heterocycles. The zero-order valence-electron chi connectivity index (χ0n) is 12.9. The molecule has 0 amide bonds. The molecular weight excluding hydrogens is 334 g/mol. The van der Waals surface area contributed by atoms with E-state index >= 15 is 0 Å². The highest BCUT2D eigenvalue weighted by atomic mass is 35.5. The van der Waals surface area contributed by atoms with E-state index in [0.717, 1.165) is 16.7 Å². The van der Waals surface area contributed by atoms with Gasteiger partial charge in [0.05, 0.1) is 17.1 Å². The number of hydrogen-bond donors (Lipinski definition) is 1. The van der Waals surface area contributed by atoms with Crippen LogP contribution in [0.25, 0.3) is 11.1 Å². The van der Waals surface area contributed by atoms with Crippen LogP contribution in [0.15, 0.2) is 42.1 Å². The Balaban J connectivity index is 2.16. The molecule has 0 spiro atoms. The fourth-order valence-corrected chi connectivity index (χ4v) is 4.40. The van der Waals surface area contributed by atoms with E-state index in [1.165, 1.54) is 0 Å². The Morgan fingerprint density at radius 2 is 2.22 bits per heavy atom. The summed E-state index contributed by atoms with van der Waals surface area (Å²) in [7, 11) is 0.445. The van der Waals surface area contributed by atoms with Crippen molar-refractivity contribution in [1.82, 2.24) is 14.1 Å². The monoisotopic (exact) mass is 351 g/mol. The maximum atomic E-state index is 12.4. The number of nitrogens with zero attached hydrogens (tertiary/aromatic N) is 3. The van der Waals surface area contributed by atoms with Crippen LogP contribution in [-0.2, 0) is 18.0 Å². The molecule has 1 aromatic carbocycles. The molecule has 1 fully saturated rings. The maximum Gasteiger partial charge on any atom is 0.126 e. The fourth-order valence-electron chi connectivity index (χ4n) is 2.93. The quantitative estimate of drug-likeness (QED) is 0.924. The molecule has 0 aliphatic carbocycles. The van der Waals surface area contributed by atoms with Crippen LogP contribution in [-0.4, -0.2) is 36.0 Å². The lowest BCUT2D eigenvalue weighted by molar-refractivity contribution is 0.147. The van der Waals surface area contributed by atoms with E-state index in [1.807, 2.05) is 32.3 Å². The van der Waals surface area contributed by atoms with Crippen LogP contribution in [0.4, 0.5) is 0 Å². The van der Waals surface area contributed by atoms with Gasteiger partial charge in [0, 0.05) is 30.4 Å². The molecule has 1 aliphatic heterocycles. The molecule has 5 nitrogen and oxygen atoms in total. The van der Waals surface area contributed by atoms with Crippen LogP contribution in [0.3, 0.4) is 0 Å². The summed E-state index contributed by atoms with van der Waals surface area (Å²) >= 11 is 6.16. The fraction of sp³-hybridized carbons (Fsp3) is 0.312. The Bertz CT molecular complexity index is 789. The number of hydrogen-bond acceptors (Lipinski definition) is 3. The SMILES string of the molecule is C=C1C(O)C(c2ccc(Cl)cc2-c2cnn(C)c2)N(CC)S1=O. The van der Waals surface area contributed by atoms with Crippen LogP contribution < -0.4 is 0 Å². The van der Waals surface area contributed by atoms with Gasteiger partial charge < -0.3 is 5.11 Å². The molecule has 0 bridgehead atoms. The molecule has 23 heavy (non-hydrogen) atoms. The van der Waals surface area contributed by atoms with Gasteiger partial charge in [0.1, 0.15) is 17.1 Å². The zero-order chi connectivity index (χ0) is 16.7. The number of rotatable bonds is 3. The van der Waals surface area contributed by atoms with Crippen LogP contribution in [0.2, 0.25) is 5.02 Å². The minimum atomic E-state index is -1.40. The third-order valence-corrected chi connectivity index (χ3v) is 5.87. The van der Waals surface area contributed by atoms with Crippen molar-refractivity contribution in [1.29, 1.82) is 0 Å². The molecule has 1 saturated heterocycles. The van der Waals surface area contributed by atoms with Crippen molar-refractivity contribution in [2.24, 2.45) is 7.05 Å². The lowest BCUT2D eigenvalue weighted by Gasteiger charge is -2.25. The smallest absolute Gasteiger partial charge is 0.126 e. The summed E-state index contributed by atoms with van der Waals surface area (Å²) in [5.41, 5.74) is 2.64. The van der Waals surface area contributed by atoms with Crippen molar-refractivity contribution in [2.45, 2.75) is 19.1 Å². The van der Waals surface area contributed by atoms with Gasteiger partial charge in [-0.05, 0) is 23.3 Å². The lowest BCUT2D eigenvalue weighted by atomic mass is 9.93. The normalized spacial score (nSPS) is 25.2. The Hall–Kier alpha value is -1.47. The molecule has 122 valence electrons. The van der Waals surface area contributed by atoms with Gasteiger partial charge in [-0.15, -0.1) is 0 Å². The van der Waals surface area contributed by atoms with Crippen LogP contribution in [0, 0.1) is 0 Å². The van der Waals surface area contributed by atoms with Crippen molar-refractivity contribution in [3.8, 4) is 11.1 Å². The third-order valence-electron chi connectivity index (χ3n) is 4.04. The van der Waals surface area contributed by atoms with Gasteiger partial charge in [-0.3, -0.25) is 4.68 Å². The topological polar surface area (TPSA) is 58.4 Å². The first-order valence-electron chi connectivity index (χ1n) is 7.28. The van der Waals surface area contributed by atoms with Crippen molar-refractivity contribution in [3.05, 3.63) is 52.7 Å². The third kappa shape index (κ3) is 2.76. The van der Waals surface area contributed by atoms with E-state index in [4.69, 9.17) is 11.6 Å². The predicted molar refractivity (Wildman–Crippen MR) is 92.1 cm³/mol. The van der Waals surface area contributed by atoms with Gasteiger partial charge in [0.15, 0.2) is 0 Å². The Labute approximate surface area is 142 Å². The molecule has 1 aromatic heterocycles. The first kappa shape index (κ1) is 16.4. The molecule has 3 rings (SSSR count). The molecule has 1 N–H and O–H groups in total. The van der Waals surface area contributed by atoms with E-state index in [9.17, 15) is 9.32 Å². The zero-order valence-corrected chi connectivity index (χ0v) is 14.5. The summed E-state index contributed by atoms with van der Waals surface area (Å²) in [5.74, 6) is 0. The first-order valence-corrected chi connectivity index (χ1v) is 8.76. The largest absolute Gasteiger partial charge is 0.386 e. The van der Waals surface area contributed by atoms with E-state index in [2.05, 4.69) is 11.7 Å². The minimum Gasteiger partial charge on any atom is -0.386 e. The molecule has 0 saturated carbocycles. The molecule has 2 aromatic rings. The standard InChI is InChI=1S/C16H18ClN3O2S/c1-4-20-15(16(21)10(2)23(20)22)13-6-5-12(17)7-14(13)11-8-18-19(3)9-11/h5-9,15-16,21H,2,4H2,1,3H3. The Morgan fingerprint density at radius 3 is 2.83 bits per heavy atom. The maximum absolute atomic E-state index is 12.4. The molecule has 3 unspecified atom stereocenters. The number of halogens is 1. The van der Waals surface area contributed by atoms with Gasteiger partial charge in [-0.25, -0.2) is 8.51 Å². The second-order valence-electron chi connectivity index (χ2n) is 5.47. The number of aliphatic hydroxyl groups is 1. The summed E-state index contributed by atoms with van der Waals surface area (Å²) in [6, 6.07) is 5.08. The van der Waals surface area contributed by atoms with E-state index in [1.54, 1.807) is 21.3 Å². The highest BCUT2D eigenvalue weighted by molar-refractivity contribution is 7.87. The minimum absolute atomic E-state index is 0.337. The Kier molecular flexibility index (Phi) is 4.42. The van der Waals surface area contributed by atoms with Gasteiger partial charge >= 0.3 is 0 Å². The molecular formula is C16H18ClN3O2S. The van der Waals surface area contributed by atoms with Crippen LogP contribution >= 0.6 is 11.6 Å². The van der Waals surface area contributed by atoms with E-state index in [-0.39, 0.29) is 0 Å². The number of aliphatic hydroxyl groups excluding tert-OH is 1. The first-order chi connectivity index (χ1) is 10.9. The molecule has 0 radical (unpaired) electrons. The molecule has 7 heteroatoms. The van der Waals surface area contributed by atoms with Crippen LogP contribution in [0.1, 0.15) is 18.5 Å². The number of aryl methyl sites for hydroxylation is 1. The second-order valence-corrected chi connectivity index (χ2v) is 7.40. The average molecular weight is 352 g/mol. The van der Waals surface area contributed by atoms with Crippen molar-refractivity contribution in [3.63, 3.8) is 0 Å². The summed E-state index contributed by atoms with van der Waals surface area (Å²) in [6.07, 6.45) is 2.75. The van der Waals surface area contributed by atoms with Gasteiger partial charge in [-0.2, -0.15) is 5.10 Å². The number of likely N-dealkylation sites (N-methyl/N-ethyl adjacent to an activating group) is 1. The van der Waals surface area contributed by atoms with E-state index < -0.39 is 23.1 Å². The van der Waals surface area contributed by atoms with Crippen molar-refractivity contribution >= 4 is 22.6 Å². The van der Waals surface area contributed by atoms with Crippen molar-refractivity contribution in [2.75, 3.05) is 6.54 Å². The number of aromatic nitrogens is 2. The molecule has 3 atom stereocenters. The van der Waals surface area contributed by atoms with Gasteiger partial charge in [-0.1, -0.05) is 31.2 Å².